The summed E-state index contributed by atoms with van der Waals surface area (Å²) >= 11 is 6.08. The maximum atomic E-state index is 6.16. The topological polar surface area (TPSA) is 12.5 Å². The Balaban J connectivity index is 2.13. The van der Waals surface area contributed by atoms with Crippen LogP contribution in [0.5, 0.6) is 0 Å². The fourth-order valence-electron chi connectivity index (χ4n) is 2.97. The highest BCUT2D eigenvalue weighted by atomic mass is 35.5. The van der Waals surface area contributed by atoms with Gasteiger partial charge in [0.2, 0.25) is 0 Å². The molecular weight excluding hydrogens is 334 g/mol. The molecule has 0 aliphatic rings. The second kappa shape index (κ2) is 9.38. The standard InChI is InChI=1S/C20H28ClNOSi/c1-4-22(5-2)15-16-23-17-24(3,19-9-7-6-8-10-19)20-13-11-18(21)12-14-20/h6-14H,4-5,15-17H2,1-3H3. The molecular formula is C20H28ClNOSi. The highest BCUT2D eigenvalue weighted by Crippen LogP contribution is 2.10. The molecule has 1 atom stereocenters. The number of benzene rings is 2. The number of ether oxygens (including phenoxy) is 1. The van der Waals surface area contributed by atoms with Gasteiger partial charge < -0.3 is 9.64 Å². The van der Waals surface area contributed by atoms with Crippen LogP contribution < -0.4 is 10.4 Å². The third-order valence-electron chi connectivity index (χ3n) is 4.73. The number of hydrogen-bond donors (Lipinski definition) is 0. The number of likely N-dealkylation sites (N-methyl/N-ethyl adjacent to an activating group) is 1. The van der Waals surface area contributed by atoms with Crippen LogP contribution in [0.3, 0.4) is 0 Å². The fraction of sp³-hybridized carbons (Fsp3) is 0.400. The number of hydrogen-bond acceptors (Lipinski definition) is 2. The van der Waals surface area contributed by atoms with E-state index in [1.54, 1.807) is 0 Å². The van der Waals surface area contributed by atoms with Crippen molar-refractivity contribution in [3.63, 3.8) is 0 Å². The lowest BCUT2D eigenvalue weighted by Crippen LogP contribution is -2.59. The zero-order valence-corrected chi connectivity index (χ0v) is 16.7. The zero-order valence-electron chi connectivity index (χ0n) is 15.0. The molecule has 0 saturated heterocycles. The normalized spacial score (nSPS) is 13.9. The molecule has 0 saturated carbocycles. The molecule has 0 spiro atoms. The molecule has 2 aromatic carbocycles. The Bertz CT molecular complexity index is 601. The average molecular weight is 362 g/mol. The summed E-state index contributed by atoms with van der Waals surface area (Å²) in [4.78, 5) is 2.39. The molecule has 0 aromatic heterocycles. The van der Waals surface area contributed by atoms with Crippen LogP contribution in [0.4, 0.5) is 0 Å². The molecule has 1 unspecified atom stereocenters. The van der Waals surface area contributed by atoms with E-state index in [9.17, 15) is 0 Å². The highest BCUT2D eigenvalue weighted by molar-refractivity contribution is 7.01. The van der Waals surface area contributed by atoms with Gasteiger partial charge in [-0.2, -0.15) is 0 Å². The minimum absolute atomic E-state index is 0.782. The van der Waals surface area contributed by atoms with Crippen molar-refractivity contribution in [2.24, 2.45) is 0 Å². The molecule has 0 bridgehead atoms. The van der Waals surface area contributed by atoms with Gasteiger partial charge in [0.05, 0.1) is 6.61 Å². The Morgan fingerprint density at radius 1 is 0.917 bits per heavy atom. The first kappa shape index (κ1) is 19.2. The maximum absolute atomic E-state index is 6.16. The predicted octanol–water partition coefficient (Wildman–Crippen LogP) is 3.43. The fourth-order valence-corrected chi connectivity index (χ4v) is 6.14. The lowest BCUT2D eigenvalue weighted by atomic mass is 10.4. The summed E-state index contributed by atoms with van der Waals surface area (Å²) in [5, 5.41) is 3.54. The van der Waals surface area contributed by atoms with Crippen molar-refractivity contribution in [2.45, 2.75) is 20.4 Å². The molecule has 0 heterocycles. The Morgan fingerprint density at radius 3 is 2.08 bits per heavy atom. The van der Waals surface area contributed by atoms with Gasteiger partial charge in [-0.1, -0.05) is 84.8 Å². The largest absolute Gasteiger partial charge is 0.383 e. The molecule has 0 amide bonds. The van der Waals surface area contributed by atoms with Crippen LogP contribution in [-0.4, -0.2) is 45.4 Å². The van der Waals surface area contributed by atoms with E-state index >= 15 is 0 Å². The summed E-state index contributed by atoms with van der Waals surface area (Å²) in [6.45, 7) is 10.7. The molecule has 0 fully saturated rings. The molecule has 2 rings (SSSR count). The summed E-state index contributed by atoms with van der Waals surface area (Å²) in [5.74, 6) is 0. The quantitative estimate of drug-likeness (QED) is 0.501. The molecule has 2 aromatic rings. The van der Waals surface area contributed by atoms with E-state index in [1.807, 2.05) is 12.1 Å². The summed E-state index contributed by atoms with van der Waals surface area (Å²) in [6, 6.07) is 19.1. The van der Waals surface area contributed by atoms with Gasteiger partial charge in [-0.15, -0.1) is 0 Å². The van der Waals surface area contributed by atoms with Crippen molar-refractivity contribution in [1.29, 1.82) is 0 Å². The Morgan fingerprint density at radius 2 is 1.50 bits per heavy atom. The lowest BCUT2D eigenvalue weighted by Gasteiger charge is -2.29. The molecule has 0 aliphatic carbocycles. The van der Waals surface area contributed by atoms with Gasteiger partial charge in [0.15, 0.2) is 0 Å². The molecule has 0 aliphatic heterocycles. The third kappa shape index (κ3) is 4.93. The first-order valence-corrected chi connectivity index (χ1v) is 11.8. The van der Waals surface area contributed by atoms with Gasteiger partial charge >= 0.3 is 0 Å². The predicted molar refractivity (Wildman–Crippen MR) is 107 cm³/mol. The van der Waals surface area contributed by atoms with E-state index in [0.29, 0.717) is 0 Å². The maximum Gasteiger partial charge on any atom is 0.142 e. The van der Waals surface area contributed by atoms with Crippen molar-refractivity contribution >= 4 is 30.0 Å². The third-order valence-corrected chi connectivity index (χ3v) is 8.98. The van der Waals surface area contributed by atoms with Crippen LogP contribution in [0, 0.1) is 0 Å². The number of nitrogens with zero attached hydrogens (tertiary/aromatic N) is 1. The minimum atomic E-state index is -1.92. The van der Waals surface area contributed by atoms with E-state index in [1.165, 1.54) is 10.4 Å². The van der Waals surface area contributed by atoms with Gasteiger partial charge in [-0.3, -0.25) is 0 Å². The summed E-state index contributed by atoms with van der Waals surface area (Å²) in [7, 11) is -1.92. The van der Waals surface area contributed by atoms with E-state index in [0.717, 1.165) is 37.5 Å². The van der Waals surface area contributed by atoms with Crippen LogP contribution in [0.1, 0.15) is 13.8 Å². The smallest absolute Gasteiger partial charge is 0.142 e. The van der Waals surface area contributed by atoms with Crippen LogP contribution in [0.15, 0.2) is 54.6 Å². The van der Waals surface area contributed by atoms with Gasteiger partial charge in [-0.05, 0) is 25.2 Å². The highest BCUT2D eigenvalue weighted by Gasteiger charge is 2.32. The summed E-state index contributed by atoms with van der Waals surface area (Å²) in [6.07, 6.45) is 0.792. The molecule has 4 heteroatoms. The van der Waals surface area contributed by atoms with E-state index in [-0.39, 0.29) is 0 Å². The van der Waals surface area contributed by atoms with Crippen LogP contribution in [-0.2, 0) is 4.74 Å². The second-order valence-electron chi connectivity index (χ2n) is 6.28. The number of halogens is 1. The van der Waals surface area contributed by atoms with Crippen molar-refractivity contribution < 1.29 is 4.74 Å². The molecule has 0 radical (unpaired) electrons. The SMILES string of the molecule is CCN(CC)CCOC[Si](C)(c1ccccc1)c1ccc(Cl)cc1. The van der Waals surface area contributed by atoms with Crippen molar-refractivity contribution in [2.75, 3.05) is 32.5 Å². The molecule has 24 heavy (non-hydrogen) atoms. The zero-order chi connectivity index (χ0) is 17.4. The van der Waals surface area contributed by atoms with Gasteiger partial charge in [0.25, 0.3) is 0 Å². The van der Waals surface area contributed by atoms with Crippen LogP contribution in [0.2, 0.25) is 11.6 Å². The average Bonchev–Trinajstić information content (AvgIpc) is 2.63. The molecule has 130 valence electrons. The Labute approximate surface area is 152 Å². The van der Waals surface area contributed by atoms with Crippen molar-refractivity contribution in [3.05, 3.63) is 59.6 Å². The van der Waals surface area contributed by atoms with Gasteiger partial charge in [0.1, 0.15) is 8.07 Å². The number of rotatable bonds is 9. The van der Waals surface area contributed by atoms with E-state index in [4.69, 9.17) is 16.3 Å². The molecule has 0 N–H and O–H groups in total. The van der Waals surface area contributed by atoms with Crippen molar-refractivity contribution in [1.82, 2.24) is 4.90 Å². The van der Waals surface area contributed by atoms with Gasteiger partial charge in [-0.25, -0.2) is 0 Å². The summed E-state index contributed by atoms with van der Waals surface area (Å²) < 4.78 is 6.16. The monoisotopic (exact) mass is 361 g/mol. The molecule has 2 nitrogen and oxygen atoms in total. The summed E-state index contributed by atoms with van der Waals surface area (Å²) in [5.41, 5.74) is 0. The van der Waals surface area contributed by atoms with Crippen LogP contribution in [0.25, 0.3) is 0 Å². The Hall–Kier alpha value is -1.13. The first-order chi connectivity index (χ1) is 11.6. The lowest BCUT2D eigenvalue weighted by molar-refractivity contribution is 0.137. The van der Waals surface area contributed by atoms with E-state index in [2.05, 4.69) is 67.8 Å². The minimum Gasteiger partial charge on any atom is -0.383 e. The van der Waals surface area contributed by atoms with Crippen molar-refractivity contribution in [3.8, 4) is 0 Å². The Kier molecular flexibility index (Phi) is 7.50. The van der Waals surface area contributed by atoms with Gasteiger partial charge in [0, 0.05) is 17.8 Å². The second-order valence-corrected chi connectivity index (χ2v) is 10.8. The van der Waals surface area contributed by atoms with E-state index < -0.39 is 8.07 Å². The van der Waals surface area contributed by atoms with Crippen LogP contribution >= 0.6 is 11.6 Å². The first-order valence-electron chi connectivity index (χ1n) is 8.71.